The number of nitrogens with zero attached hydrogens (tertiary/aromatic N) is 3. The molecule has 0 bridgehead atoms. The third-order valence-corrected chi connectivity index (χ3v) is 6.04. The molecule has 0 saturated heterocycles. The molecular weight excluding hydrogens is 391 g/mol. The third-order valence-electron chi connectivity index (χ3n) is 5.35. The van der Waals surface area contributed by atoms with Crippen molar-refractivity contribution in [1.29, 1.82) is 0 Å². The summed E-state index contributed by atoms with van der Waals surface area (Å²) in [5, 5.41) is 9.48. The molecule has 28 heavy (non-hydrogen) atoms. The van der Waals surface area contributed by atoms with Gasteiger partial charge in [-0.3, -0.25) is 0 Å². The lowest BCUT2D eigenvalue weighted by Gasteiger charge is -2.34. The fourth-order valence-corrected chi connectivity index (χ4v) is 4.52. The van der Waals surface area contributed by atoms with Crippen molar-refractivity contribution in [2.45, 2.75) is 25.3 Å². The number of anilines is 1. The van der Waals surface area contributed by atoms with E-state index in [2.05, 4.69) is 27.5 Å². The van der Waals surface area contributed by atoms with Gasteiger partial charge in [-0.05, 0) is 59.7 Å². The number of nitrogens with one attached hydrogen (secondary N) is 1. The summed E-state index contributed by atoms with van der Waals surface area (Å²) in [7, 11) is 0. The van der Waals surface area contributed by atoms with Gasteiger partial charge in [0.25, 0.3) is 0 Å². The van der Waals surface area contributed by atoms with E-state index in [9.17, 15) is 0 Å². The molecule has 0 saturated carbocycles. The van der Waals surface area contributed by atoms with Gasteiger partial charge in [0, 0.05) is 15.7 Å². The van der Waals surface area contributed by atoms with Crippen molar-refractivity contribution in [2.75, 3.05) is 5.32 Å². The highest BCUT2D eigenvalue weighted by Gasteiger charge is 2.34. The molecule has 140 valence electrons. The van der Waals surface area contributed by atoms with Gasteiger partial charge in [-0.1, -0.05) is 59.6 Å². The minimum absolute atomic E-state index is 0.0580. The first-order chi connectivity index (χ1) is 13.7. The number of halogens is 2. The Labute approximate surface area is 173 Å². The summed E-state index contributed by atoms with van der Waals surface area (Å²) < 4.78 is 1.93. The van der Waals surface area contributed by atoms with E-state index in [-0.39, 0.29) is 6.04 Å². The number of hydrogen-bond acceptors (Lipinski definition) is 3. The Bertz CT molecular complexity index is 1110. The molecule has 1 N–H and O–H groups in total. The van der Waals surface area contributed by atoms with Crippen LogP contribution in [0, 0.1) is 0 Å². The lowest BCUT2D eigenvalue weighted by molar-refractivity contribution is 0.538. The average Bonchev–Trinajstić information content (AvgIpc) is 3.17. The number of fused-ring (bicyclic) bond motifs is 1. The first-order valence-electron chi connectivity index (χ1n) is 9.32. The average molecular weight is 409 g/mol. The molecule has 1 aliphatic carbocycles. The molecule has 0 fully saturated rings. The van der Waals surface area contributed by atoms with Crippen LogP contribution in [-0.2, 0) is 0 Å². The van der Waals surface area contributed by atoms with E-state index < -0.39 is 0 Å². The van der Waals surface area contributed by atoms with Crippen molar-refractivity contribution in [3.8, 4) is 0 Å². The highest BCUT2D eigenvalue weighted by Crippen LogP contribution is 2.45. The summed E-state index contributed by atoms with van der Waals surface area (Å²) in [6.07, 6.45) is 6.81. The molecule has 4 nitrogen and oxygen atoms in total. The van der Waals surface area contributed by atoms with Crippen LogP contribution in [0.25, 0.3) is 6.08 Å². The second kappa shape index (κ2) is 7.12. The van der Waals surface area contributed by atoms with Crippen LogP contribution in [-0.4, -0.2) is 14.8 Å². The molecule has 3 aromatic rings. The largest absolute Gasteiger partial charge is 0.324 e. The summed E-state index contributed by atoms with van der Waals surface area (Å²) in [4.78, 5) is 4.42. The molecule has 1 aliphatic heterocycles. The molecule has 5 rings (SSSR count). The van der Waals surface area contributed by atoms with Gasteiger partial charge in [0.05, 0.1) is 0 Å². The minimum Gasteiger partial charge on any atom is -0.324 e. The zero-order valence-corrected chi connectivity index (χ0v) is 16.6. The summed E-state index contributed by atoms with van der Waals surface area (Å²) in [6.45, 7) is 0. The molecule has 1 atom stereocenters. The molecular formula is C22H18Cl2N4. The summed E-state index contributed by atoms with van der Waals surface area (Å²) in [5.41, 5.74) is 5.72. The molecule has 1 aromatic heterocycles. The van der Waals surface area contributed by atoms with Gasteiger partial charge in [0.2, 0.25) is 5.95 Å². The number of allylic oxidation sites excluding steroid dienone is 2. The van der Waals surface area contributed by atoms with Crippen LogP contribution in [0.2, 0.25) is 10.0 Å². The molecule has 0 amide bonds. The van der Waals surface area contributed by atoms with Crippen LogP contribution >= 0.6 is 23.2 Å². The Balaban J connectivity index is 1.68. The van der Waals surface area contributed by atoms with Crippen LogP contribution < -0.4 is 5.32 Å². The van der Waals surface area contributed by atoms with Gasteiger partial charge in [0.1, 0.15) is 12.4 Å². The number of rotatable bonds is 2. The highest BCUT2D eigenvalue weighted by molar-refractivity contribution is 6.32. The molecule has 0 unspecified atom stereocenters. The van der Waals surface area contributed by atoms with E-state index in [0.717, 1.165) is 52.1 Å². The number of benzene rings is 2. The van der Waals surface area contributed by atoms with Crippen molar-refractivity contribution in [3.05, 3.63) is 92.9 Å². The van der Waals surface area contributed by atoms with Crippen molar-refractivity contribution in [3.63, 3.8) is 0 Å². The summed E-state index contributed by atoms with van der Waals surface area (Å²) in [6, 6.07) is 15.8. The zero-order chi connectivity index (χ0) is 19.1. The quantitative estimate of drug-likeness (QED) is 0.554. The maximum Gasteiger partial charge on any atom is 0.226 e. The van der Waals surface area contributed by atoms with E-state index in [4.69, 9.17) is 23.2 Å². The van der Waals surface area contributed by atoms with Gasteiger partial charge in [0.15, 0.2) is 0 Å². The van der Waals surface area contributed by atoms with Crippen LogP contribution in [0.5, 0.6) is 0 Å². The fourth-order valence-electron chi connectivity index (χ4n) is 4.09. The highest BCUT2D eigenvalue weighted by atomic mass is 35.5. The number of aromatic nitrogens is 3. The first kappa shape index (κ1) is 17.5. The Kier molecular flexibility index (Phi) is 4.46. The van der Waals surface area contributed by atoms with E-state index in [1.54, 1.807) is 6.33 Å². The van der Waals surface area contributed by atoms with Gasteiger partial charge in [-0.25, -0.2) is 4.68 Å². The third kappa shape index (κ3) is 2.93. The second-order valence-electron chi connectivity index (χ2n) is 7.02. The van der Waals surface area contributed by atoms with Crippen LogP contribution in [0.15, 0.2) is 71.7 Å². The minimum atomic E-state index is -0.0580. The maximum atomic E-state index is 6.57. The maximum absolute atomic E-state index is 6.57. The Morgan fingerprint density at radius 1 is 1.00 bits per heavy atom. The van der Waals surface area contributed by atoms with Crippen LogP contribution in [0.1, 0.15) is 36.4 Å². The van der Waals surface area contributed by atoms with Gasteiger partial charge >= 0.3 is 0 Å². The van der Waals surface area contributed by atoms with E-state index in [0.29, 0.717) is 0 Å². The van der Waals surface area contributed by atoms with Crippen molar-refractivity contribution in [1.82, 2.24) is 14.8 Å². The lowest BCUT2D eigenvalue weighted by Crippen LogP contribution is -2.28. The molecule has 2 aliphatic rings. The molecule has 0 spiro atoms. The van der Waals surface area contributed by atoms with Gasteiger partial charge in [-0.15, -0.1) is 0 Å². The predicted molar refractivity (Wildman–Crippen MR) is 114 cm³/mol. The standard InChI is InChI=1S/C22H18Cl2N4/c23-18-10-3-1-6-14(18)12-15-7-5-9-17-20(15)27-22-25-13-26-28(22)21(17)16-8-2-4-11-19(16)24/h1-4,6,8,10-13,21H,5,7,9H2,(H,25,26,27)/b15-12-/t21-/m1/s1. The van der Waals surface area contributed by atoms with Crippen LogP contribution in [0.4, 0.5) is 5.95 Å². The van der Waals surface area contributed by atoms with Crippen LogP contribution in [0.3, 0.4) is 0 Å². The topological polar surface area (TPSA) is 42.7 Å². The molecule has 6 heteroatoms. The van der Waals surface area contributed by atoms with E-state index >= 15 is 0 Å². The predicted octanol–water partition coefficient (Wildman–Crippen LogP) is 6.12. The Morgan fingerprint density at radius 3 is 2.61 bits per heavy atom. The summed E-state index contributed by atoms with van der Waals surface area (Å²) >= 11 is 13.0. The van der Waals surface area contributed by atoms with Gasteiger partial charge < -0.3 is 5.32 Å². The fraction of sp³-hybridized carbons (Fsp3) is 0.182. The Morgan fingerprint density at radius 2 is 1.79 bits per heavy atom. The number of hydrogen-bond donors (Lipinski definition) is 1. The van der Waals surface area contributed by atoms with Crippen molar-refractivity contribution < 1.29 is 0 Å². The SMILES string of the molecule is Clc1ccccc1/C=C1/CCCC2=C1Nc1ncnn1[C@@H]2c1ccccc1Cl. The molecule has 2 aromatic carbocycles. The van der Waals surface area contributed by atoms with E-state index in [1.807, 2.05) is 47.1 Å². The first-order valence-corrected chi connectivity index (χ1v) is 10.1. The monoisotopic (exact) mass is 408 g/mol. The Hall–Kier alpha value is -2.56. The van der Waals surface area contributed by atoms with E-state index in [1.165, 1.54) is 11.1 Å². The second-order valence-corrected chi connectivity index (χ2v) is 7.84. The zero-order valence-electron chi connectivity index (χ0n) is 15.1. The molecule has 2 heterocycles. The smallest absolute Gasteiger partial charge is 0.226 e. The van der Waals surface area contributed by atoms with Crippen molar-refractivity contribution in [2.24, 2.45) is 0 Å². The van der Waals surface area contributed by atoms with Crippen molar-refractivity contribution >= 4 is 35.2 Å². The lowest BCUT2D eigenvalue weighted by atomic mass is 9.83. The van der Waals surface area contributed by atoms with Gasteiger partial charge in [-0.2, -0.15) is 10.1 Å². The summed E-state index contributed by atoms with van der Waals surface area (Å²) in [5.74, 6) is 0.732. The normalized spacial score (nSPS) is 19.9. The molecule has 0 radical (unpaired) electrons.